The summed E-state index contributed by atoms with van der Waals surface area (Å²) in [6, 6.07) is 2.28. The predicted molar refractivity (Wildman–Crippen MR) is 121 cm³/mol. The molecule has 0 aromatic heterocycles. The molecule has 2 heterocycles. The first kappa shape index (κ1) is 29.0. The molecule has 1 saturated heterocycles. The van der Waals surface area contributed by atoms with Crippen LogP contribution in [0.3, 0.4) is 0 Å². The average Bonchev–Trinajstić information content (AvgIpc) is 2.80. The zero-order valence-electron chi connectivity index (χ0n) is 20.6. The molecule has 6 atom stereocenters. The molecule has 1 unspecified atom stereocenters. The van der Waals surface area contributed by atoms with Gasteiger partial charge in [0.15, 0.2) is 12.2 Å². The van der Waals surface area contributed by atoms with Gasteiger partial charge in [-0.05, 0) is 6.07 Å². The second kappa shape index (κ2) is 11.9. The summed E-state index contributed by atoms with van der Waals surface area (Å²) in [6.45, 7) is 3.37. The van der Waals surface area contributed by atoms with Crippen LogP contribution < -0.4 is 9.84 Å². The Morgan fingerprint density at radius 1 is 1.05 bits per heavy atom. The van der Waals surface area contributed by atoms with E-state index in [1.54, 1.807) is 0 Å². The number of hydrogen-bond acceptors (Lipinski definition) is 14. The maximum atomic E-state index is 13.1. The second-order valence-corrected chi connectivity index (χ2v) is 9.78. The van der Waals surface area contributed by atoms with E-state index in [1.165, 1.54) is 12.1 Å². The highest BCUT2D eigenvalue weighted by Gasteiger charge is 2.52. The number of benzene rings is 1. The zero-order chi connectivity index (χ0) is 28.2. The lowest BCUT2D eigenvalue weighted by molar-refractivity contribution is -0.385. The molecule has 2 aliphatic rings. The topological polar surface area (TPSA) is 205 Å². The molecule has 0 bridgehead atoms. The van der Waals surface area contributed by atoms with Gasteiger partial charge in [-0.15, -0.1) is 0 Å². The number of nitrogens with one attached hydrogen (secondary N) is 1. The Labute approximate surface area is 215 Å². The predicted octanol–water partition coefficient (Wildman–Crippen LogP) is 1.28. The molecule has 1 N–H and O–H groups in total. The first-order valence-electron chi connectivity index (χ1n) is 11.1. The number of nitro benzene ring substituents is 1. The smallest absolute Gasteiger partial charge is 0.456 e. The molecule has 0 aliphatic carbocycles. The van der Waals surface area contributed by atoms with Gasteiger partial charge in [-0.25, -0.2) is 4.57 Å². The van der Waals surface area contributed by atoms with Crippen molar-refractivity contribution in [3.63, 3.8) is 0 Å². The lowest BCUT2D eigenvalue weighted by Gasteiger charge is -2.44. The number of rotatable bonds is 8. The first-order valence-corrected chi connectivity index (χ1v) is 12.5. The molecule has 208 valence electrons. The van der Waals surface area contributed by atoms with Crippen LogP contribution in [0, 0.1) is 10.1 Å². The molecule has 0 radical (unpaired) electrons. The number of phosphoric acid groups is 1. The Balaban J connectivity index is 1.86. The standard InChI is InChI=1S/C21H25N2O14P/c1-10(24)22-18-20(34-12(3)26)19(33-11(2)25)17(36-21(18)35-13(4)27)9-32-38(30)31-8-14-7-15(23(28)29)5-6-16(14)37-38/h5-7,17-21H,8-9H2,1-4H3,(H,22,24)/t17-,18-,19-,20-,21+,38?/m1/s1. The largest absolute Gasteiger partial charge is 0.530 e. The van der Waals surface area contributed by atoms with Crippen molar-refractivity contribution in [3.8, 4) is 5.75 Å². The number of carbonyl (C=O) groups excluding carboxylic acids is 4. The van der Waals surface area contributed by atoms with E-state index in [4.69, 9.17) is 32.5 Å². The van der Waals surface area contributed by atoms with Crippen molar-refractivity contribution >= 4 is 37.3 Å². The monoisotopic (exact) mass is 560 g/mol. The van der Waals surface area contributed by atoms with Crippen molar-refractivity contribution in [2.75, 3.05) is 6.61 Å². The average molecular weight is 560 g/mol. The summed E-state index contributed by atoms with van der Waals surface area (Å²) in [6.07, 6.45) is -5.74. The third-order valence-corrected chi connectivity index (χ3v) is 6.47. The van der Waals surface area contributed by atoms with Crippen molar-refractivity contribution in [2.24, 2.45) is 0 Å². The fraction of sp³-hybridized carbons (Fsp3) is 0.524. The van der Waals surface area contributed by atoms with Crippen molar-refractivity contribution in [3.05, 3.63) is 33.9 Å². The van der Waals surface area contributed by atoms with Crippen LogP contribution in [0.2, 0.25) is 0 Å². The Kier molecular flexibility index (Phi) is 9.04. The van der Waals surface area contributed by atoms with Gasteiger partial charge < -0.3 is 28.8 Å². The number of fused-ring (bicyclic) bond motifs is 1. The summed E-state index contributed by atoms with van der Waals surface area (Å²) >= 11 is 0. The number of ether oxygens (including phenoxy) is 4. The minimum atomic E-state index is -4.32. The maximum absolute atomic E-state index is 13.1. The zero-order valence-corrected chi connectivity index (χ0v) is 21.5. The minimum Gasteiger partial charge on any atom is -0.456 e. The quantitative estimate of drug-likeness (QED) is 0.156. The number of amides is 1. The van der Waals surface area contributed by atoms with Crippen molar-refractivity contribution in [1.29, 1.82) is 0 Å². The molecule has 2 aliphatic heterocycles. The van der Waals surface area contributed by atoms with Gasteiger partial charge in [-0.3, -0.25) is 38.3 Å². The molecular formula is C21H25N2O14P. The van der Waals surface area contributed by atoms with Crippen LogP contribution >= 0.6 is 7.82 Å². The van der Waals surface area contributed by atoms with Gasteiger partial charge in [0, 0.05) is 45.4 Å². The van der Waals surface area contributed by atoms with Crippen LogP contribution in [0.5, 0.6) is 5.75 Å². The van der Waals surface area contributed by atoms with E-state index in [9.17, 15) is 33.9 Å². The molecule has 38 heavy (non-hydrogen) atoms. The van der Waals surface area contributed by atoms with Gasteiger partial charge >= 0.3 is 25.7 Å². The SMILES string of the molecule is CC(=O)N[C@H]1[C@@H](OC(C)=O)O[C@H](COP2(=O)OCc3cc([N+](=O)[O-])ccc3O2)[C@@H](OC(C)=O)[C@@H]1OC(C)=O. The summed E-state index contributed by atoms with van der Waals surface area (Å²) in [5, 5.41) is 13.4. The van der Waals surface area contributed by atoms with Crippen LogP contribution in [-0.4, -0.2) is 66.0 Å². The highest BCUT2D eigenvalue weighted by atomic mass is 31.2. The Morgan fingerprint density at radius 2 is 1.68 bits per heavy atom. The third kappa shape index (κ3) is 7.25. The van der Waals surface area contributed by atoms with Crippen LogP contribution in [0.25, 0.3) is 0 Å². The van der Waals surface area contributed by atoms with E-state index < -0.39 is 73.8 Å². The Bertz CT molecular complexity index is 1170. The summed E-state index contributed by atoms with van der Waals surface area (Å²) < 4.78 is 50.5. The lowest BCUT2D eigenvalue weighted by atomic mass is 9.96. The molecule has 16 nitrogen and oxygen atoms in total. The maximum Gasteiger partial charge on any atom is 0.530 e. The van der Waals surface area contributed by atoms with Gasteiger partial charge in [0.1, 0.15) is 17.9 Å². The van der Waals surface area contributed by atoms with Gasteiger partial charge in [0.05, 0.1) is 18.1 Å². The molecule has 1 aromatic carbocycles. The number of carbonyl (C=O) groups is 4. The first-order chi connectivity index (χ1) is 17.8. The molecule has 1 aromatic rings. The molecule has 1 amide bonds. The van der Waals surface area contributed by atoms with Crippen LogP contribution in [0.4, 0.5) is 5.69 Å². The van der Waals surface area contributed by atoms with Crippen molar-refractivity contribution in [2.45, 2.75) is 64.9 Å². The highest BCUT2D eigenvalue weighted by Crippen LogP contribution is 2.55. The Morgan fingerprint density at radius 3 is 2.26 bits per heavy atom. The van der Waals surface area contributed by atoms with Crippen LogP contribution in [0.15, 0.2) is 18.2 Å². The fourth-order valence-corrected chi connectivity index (χ4v) is 4.99. The summed E-state index contributed by atoms with van der Waals surface area (Å²) in [4.78, 5) is 57.6. The normalized spacial score (nSPS) is 28.2. The molecule has 0 saturated carbocycles. The van der Waals surface area contributed by atoms with E-state index in [0.717, 1.165) is 33.8 Å². The summed E-state index contributed by atoms with van der Waals surface area (Å²) in [5.74, 6) is -3.03. The number of non-ortho nitro benzene ring substituents is 1. The summed E-state index contributed by atoms with van der Waals surface area (Å²) in [5.41, 5.74) is 0.0270. The van der Waals surface area contributed by atoms with E-state index in [-0.39, 0.29) is 23.6 Å². The van der Waals surface area contributed by atoms with Gasteiger partial charge in [0.25, 0.3) is 5.69 Å². The van der Waals surface area contributed by atoms with Crippen LogP contribution in [-0.2, 0) is 58.3 Å². The van der Waals surface area contributed by atoms with E-state index in [1.807, 2.05) is 0 Å². The highest BCUT2D eigenvalue weighted by molar-refractivity contribution is 7.49. The molecule has 17 heteroatoms. The van der Waals surface area contributed by atoms with Crippen molar-refractivity contribution in [1.82, 2.24) is 5.32 Å². The number of nitrogens with zero attached hydrogens (tertiary/aromatic N) is 1. The molecule has 1 fully saturated rings. The van der Waals surface area contributed by atoms with Gasteiger partial charge in [-0.2, -0.15) is 0 Å². The van der Waals surface area contributed by atoms with Crippen molar-refractivity contribution < 1.29 is 61.2 Å². The lowest BCUT2D eigenvalue weighted by Crippen LogP contribution is -2.66. The molecule has 0 spiro atoms. The van der Waals surface area contributed by atoms with E-state index >= 15 is 0 Å². The van der Waals surface area contributed by atoms with Gasteiger partial charge in [0.2, 0.25) is 12.2 Å². The molecular weight excluding hydrogens is 535 g/mol. The van der Waals surface area contributed by atoms with E-state index in [2.05, 4.69) is 5.32 Å². The number of phosphoric ester groups is 1. The van der Waals surface area contributed by atoms with E-state index in [0.29, 0.717) is 0 Å². The minimum absolute atomic E-state index is 0.0209. The third-order valence-electron chi connectivity index (χ3n) is 5.14. The number of hydrogen-bond donors (Lipinski definition) is 1. The van der Waals surface area contributed by atoms with Gasteiger partial charge in [-0.1, -0.05) is 0 Å². The second-order valence-electron chi connectivity index (χ2n) is 8.18. The number of nitro groups is 1. The Hall–Kier alpha value is -3.59. The fourth-order valence-electron chi connectivity index (χ4n) is 3.76. The van der Waals surface area contributed by atoms with Crippen LogP contribution in [0.1, 0.15) is 33.3 Å². The molecule has 3 rings (SSSR count). The summed E-state index contributed by atoms with van der Waals surface area (Å²) in [7, 11) is -4.32. The number of esters is 3.